The van der Waals surface area contributed by atoms with Gasteiger partial charge in [-0.05, 0) is 66.1 Å². The molecule has 0 fully saturated rings. The molecule has 0 unspecified atom stereocenters. The van der Waals surface area contributed by atoms with Crippen LogP contribution in [-0.2, 0) is 16.7 Å². The first-order valence-electron chi connectivity index (χ1n) is 11.2. The fraction of sp³-hybridized carbons (Fsp3) is 0.269. The molecule has 1 aliphatic rings. The largest absolute Gasteiger partial charge is 0.493 e. The summed E-state index contributed by atoms with van der Waals surface area (Å²) in [5.41, 5.74) is 1.08. The Morgan fingerprint density at radius 1 is 1.00 bits per heavy atom. The number of carbonyl (C=O) groups excluding carboxylic acids is 1. The highest BCUT2D eigenvalue weighted by Crippen LogP contribution is 2.34. The smallest absolute Gasteiger partial charge is 0.339 e. The van der Waals surface area contributed by atoms with Crippen molar-refractivity contribution in [3.8, 4) is 23.0 Å². The Hall–Kier alpha value is -3.79. The van der Waals surface area contributed by atoms with Gasteiger partial charge in [-0.2, -0.15) is 8.42 Å². The van der Waals surface area contributed by atoms with Crippen molar-refractivity contribution in [2.75, 3.05) is 20.4 Å². The first-order valence-corrected chi connectivity index (χ1v) is 12.6. The Bertz CT molecular complexity index is 1360. The fourth-order valence-corrected chi connectivity index (χ4v) is 4.68. The molecule has 0 saturated heterocycles. The van der Waals surface area contributed by atoms with E-state index >= 15 is 0 Å². The number of fused-ring (bicyclic) bond motifs is 1. The van der Waals surface area contributed by atoms with E-state index < -0.39 is 15.9 Å². The molecule has 3 aromatic rings. The highest BCUT2D eigenvalue weighted by molar-refractivity contribution is 7.87. The lowest BCUT2D eigenvalue weighted by molar-refractivity contribution is 0.0722. The molecule has 0 aliphatic carbocycles. The van der Waals surface area contributed by atoms with Crippen molar-refractivity contribution in [2.45, 2.75) is 25.3 Å². The van der Waals surface area contributed by atoms with E-state index in [1.54, 1.807) is 35.2 Å². The second-order valence-electron chi connectivity index (χ2n) is 8.62. The van der Waals surface area contributed by atoms with Crippen molar-refractivity contribution in [1.82, 2.24) is 4.90 Å². The molecule has 0 radical (unpaired) electrons. The maximum Gasteiger partial charge on any atom is 0.339 e. The Balaban J connectivity index is 1.60. The quantitative estimate of drug-likeness (QED) is 0.384. The summed E-state index contributed by atoms with van der Waals surface area (Å²) >= 11 is 0. The van der Waals surface area contributed by atoms with Crippen molar-refractivity contribution in [3.05, 3.63) is 77.6 Å². The molecule has 190 valence electrons. The number of halogens is 1. The number of amides is 1. The van der Waals surface area contributed by atoms with Crippen LogP contribution < -0.4 is 18.4 Å². The van der Waals surface area contributed by atoms with Crippen molar-refractivity contribution >= 4 is 16.0 Å². The number of nitrogens with zero attached hydrogens (tertiary/aromatic N) is 1. The van der Waals surface area contributed by atoms with Gasteiger partial charge in [0.05, 0.1) is 7.11 Å². The second kappa shape index (κ2) is 10.4. The minimum atomic E-state index is -4.25. The molecule has 1 aliphatic heterocycles. The van der Waals surface area contributed by atoms with Crippen LogP contribution in [0.5, 0.6) is 23.0 Å². The summed E-state index contributed by atoms with van der Waals surface area (Å²) < 4.78 is 60.1. The molecule has 0 saturated carbocycles. The number of hydrogen-bond acceptors (Lipinski definition) is 7. The normalized spacial score (nSPS) is 12.5. The van der Waals surface area contributed by atoms with Crippen LogP contribution in [0.2, 0.25) is 0 Å². The summed E-state index contributed by atoms with van der Waals surface area (Å²) in [6.45, 7) is 4.76. The molecular weight excluding hydrogens is 489 g/mol. The molecule has 0 bridgehead atoms. The molecule has 0 atom stereocenters. The van der Waals surface area contributed by atoms with Crippen LogP contribution in [0, 0.1) is 11.7 Å². The Morgan fingerprint density at radius 3 is 2.42 bits per heavy atom. The van der Waals surface area contributed by atoms with E-state index in [1.165, 1.54) is 13.2 Å². The summed E-state index contributed by atoms with van der Waals surface area (Å²) in [7, 11) is -2.86. The van der Waals surface area contributed by atoms with Crippen molar-refractivity contribution in [2.24, 2.45) is 5.92 Å². The van der Waals surface area contributed by atoms with Gasteiger partial charge in [-0.25, -0.2) is 4.39 Å². The molecule has 4 rings (SSSR count). The van der Waals surface area contributed by atoms with Gasteiger partial charge in [0.15, 0.2) is 23.0 Å². The van der Waals surface area contributed by atoms with Crippen molar-refractivity contribution < 1.29 is 36.0 Å². The van der Waals surface area contributed by atoms with Crippen LogP contribution in [0.25, 0.3) is 0 Å². The van der Waals surface area contributed by atoms with E-state index in [0.29, 0.717) is 29.2 Å². The van der Waals surface area contributed by atoms with E-state index in [1.807, 2.05) is 13.8 Å². The summed E-state index contributed by atoms with van der Waals surface area (Å²) in [5.74, 6) is 0.653. The number of ether oxygens (including phenoxy) is 3. The monoisotopic (exact) mass is 515 g/mol. The molecule has 3 aromatic carbocycles. The lowest BCUT2D eigenvalue weighted by atomic mass is 10.1. The van der Waals surface area contributed by atoms with Gasteiger partial charge in [0.1, 0.15) is 10.7 Å². The predicted molar refractivity (Wildman–Crippen MR) is 129 cm³/mol. The van der Waals surface area contributed by atoms with Crippen LogP contribution in [0.3, 0.4) is 0 Å². The fourth-order valence-electron chi connectivity index (χ4n) is 3.74. The number of rotatable bonds is 9. The van der Waals surface area contributed by atoms with Crippen LogP contribution in [0.1, 0.15) is 29.8 Å². The minimum absolute atomic E-state index is 0.0423. The van der Waals surface area contributed by atoms with E-state index in [-0.39, 0.29) is 41.6 Å². The second-order valence-corrected chi connectivity index (χ2v) is 10.2. The van der Waals surface area contributed by atoms with Gasteiger partial charge in [0.25, 0.3) is 5.91 Å². The molecule has 1 heterocycles. The maximum absolute atomic E-state index is 13.4. The Kier molecular flexibility index (Phi) is 7.35. The van der Waals surface area contributed by atoms with E-state index in [0.717, 1.165) is 24.3 Å². The highest BCUT2D eigenvalue weighted by atomic mass is 32.2. The third kappa shape index (κ3) is 5.71. The molecule has 1 amide bonds. The Labute approximate surface area is 209 Å². The van der Waals surface area contributed by atoms with Gasteiger partial charge < -0.3 is 23.3 Å². The number of hydrogen-bond donors (Lipinski definition) is 0. The van der Waals surface area contributed by atoms with E-state index in [4.69, 9.17) is 18.4 Å². The number of benzene rings is 3. The molecule has 0 aromatic heterocycles. The zero-order valence-corrected chi connectivity index (χ0v) is 20.9. The van der Waals surface area contributed by atoms with E-state index in [2.05, 4.69) is 0 Å². The summed E-state index contributed by atoms with van der Waals surface area (Å²) in [5, 5.41) is 0. The van der Waals surface area contributed by atoms with Gasteiger partial charge in [-0.1, -0.05) is 19.9 Å². The Morgan fingerprint density at radius 2 is 1.72 bits per heavy atom. The third-order valence-corrected chi connectivity index (χ3v) is 6.64. The lowest BCUT2D eigenvalue weighted by Crippen LogP contribution is -2.33. The van der Waals surface area contributed by atoms with Gasteiger partial charge in [-0.3, -0.25) is 4.79 Å². The lowest BCUT2D eigenvalue weighted by Gasteiger charge is -2.25. The predicted octanol–water partition coefficient (Wildman–Crippen LogP) is 4.63. The summed E-state index contributed by atoms with van der Waals surface area (Å²) in [4.78, 5) is 14.9. The molecular formula is C26H26FNO7S. The molecule has 8 nitrogen and oxygen atoms in total. The highest BCUT2D eigenvalue weighted by Gasteiger charge is 2.23. The van der Waals surface area contributed by atoms with Crippen molar-refractivity contribution in [1.29, 1.82) is 0 Å². The van der Waals surface area contributed by atoms with Gasteiger partial charge in [0, 0.05) is 18.7 Å². The number of methoxy groups -OCH3 is 1. The average molecular weight is 516 g/mol. The van der Waals surface area contributed by atoms with Gasteiger partial charge in [0.2, 0.25) is 6.79 Å². The zero-order chi connectivity index (χ0) is 25.9. The van der Waals surface area contributed by atoms with Crippen LogP contribution in [0.4, 0.5) is 4.39 Å². The first-order chi connectivity index (χ1) is 17.2. The molecule has 36 heavy (non-hydrogen) atoms. The first kappa shape index (κ1) is 25.3. The number of carbonyl (C=O) groups is 1. The standard InChI is InChI=1S/C26H26FNO7S/c1-17(2)14-28(26(29)19-5-11-23-24(13-19)34-16-33-23)15-18-4-10-22(32-3)25(12-18)35-36(30,31)21-8-6-20(27)7-9-21/h4-13,17H,14-16H2,1-3H3. The molecule has 10 heteroatoms. The van der Waals surface area contributed by atoms with Gasteiger partial charge in [-0.15, -0.1) is 0 Å². The summed E-state index contributed by atoms with van der Waals surface area (Å²) in [6, 6.07) is 14.2. The molecule has 0 spiro atoms. The van der Waals surface area contributed by atoms with Crippen LogP contribution in [0.15, 0.2) is 65.6 Å². The van der Waals surface area contributed by atoms with Crippen LogP contribution in [-0.4, -0.2) is 39.7 Å². The SMILES string of the molecule is COc1ccc(CN(CC(C)C)C(=O)c2ccc3c(c2)OCO3)cc1OS(=O)(=O)c1ccc(F)cc1. The summed E-state index contributed by atoms with van der Waals surface area (Å²) in [6.07, 6.45) is 0. The van der Waals surface area contributed by atoms with Gasteiger partial charge >= 0.3 is 10.1 Å². The molecule has 0 N–H and O–H groups in total. The van der Waals surface area contributed by atoms with Crippen LogP contribution >= 0.6 is 0 Å². The maximum atomic E-state index is 13.4. The minimum Gasteiger partial charge on any atom is -0.493 e. The third-order valence-electron chi connectivity index (χ3n) is 5.40. The van der Waals surface area contributed by atoms with Crippen molar-refractivity contribution in [3.63, 3.8) is 0 Å². The topological polar surface area (TPSA) is 91.4 Å². The zero-order valence-electron chi connectivity index (χ0n) is 20.1. The van der Waals surface area contributed by atoms with E-state index in [9.17, 15) is 17.6 Å². The average Bonchev–Trinajstić information content (AvgIpc) is 3.31.